The lowest BCUT2D eigenvalue weighted by atomic mass is 10.4. The number of piperazine rings is 1. The second-order valence-corrected chi connectivity index (χ2v) is 3.70. The van der Waals surface area contributed by atoms with E-state index in [4.69, 9.17) is 0 Å². The maximum absolute atomic E-state index is 4.46. The van der Waals surface area contributed by atoms with Gasteiger partial charge in [0.1, 0.15) is 17.4 Å². The SMILES string of the molecule is c1ncc2nc(N3CCNCC3)ncc2n1. The number of hydrogen-bond acceptors (Lipinski definition) is 6. The summed E-state index contributed by atoms with van der Waals surface area (Å²) < 4.78 is 0. The minimum Gasteiger partial charge on any atom is -0.338 e. The van der Waals surface area contributed by atoms with E-state index in [1.807, 2.05) is 0 Å². The van der Waals surface area contributed by atoms with Crippen molar-refractivity contribution in [3.8, 4) is 0 Å². The van der Waals surface area contributed by atoms with E-state index in [0.29, 0.717) is 0 Å². The zero-order valence-electron chi connectivity index (χ0n) is 8.80. The Morgan fingerprint density at radius 3 is 2.81 bits per heavy atom. The van der Waals surface area contributed by atoms with Gasteiger partial charge in [0.05, 0.1) is 12.4 Å². The summed E-state index contributed by atoms with van der Waals surface area (Å²) in [5, 5.41) is 3.30. The molecule has 1 fully saturated rings. The van der Waals surface area contributed by atoms with Crippen LogP contribution in [0.5, 0.6) is 0 Å². The first-order valence-electron chi connectivity index (χ1n) is 5.32. The van der Waals surface area contributed by atoms with Gasteiger partial charge in [-0.25, -0.2) is 19.9 Å². The van der Waals surface area contributed by atoms with Crippen molar-refractivity contribution in [2.24, 2.45) is 0 Å². The molecule has 2 aromatic heterocycles. The van der Waals surface area contributed by atoms with E-state index in [2.05, 4.69) is 30.2 Å². The third kappa shape index (κ3) is 1.67. The predicted octanol–water partition coefficient (Wildman–Crippen LogP) is -0.171. The molecule has 1 N–H and O–H groups in total. The molecule has 3 heterocycles. The maximum atomic E-state index is 4.46. The van der Waals surface area contributed by atoms with E-state index in [1.165, 1.54) is 6.33 Å². The molecule has 0 radical (unpaired) electrons. The molecule has 0 aliphatic carbocycles. The first-order valence-corrected chi connectivity index (χ1v) is 5.32. The van der Waals surface area contributed by atoms with Crippen LogP contribution in [0.15, 0.2) is 18.7 Å². The van der Waals surface area contributed by atoms with E-state index < -0.39 is 0 Å². The van der Waals surface area contributed by atoms with Gasteiger partial charge >= 0.3 is 0 Å². The molecule has 6 nitrogen and oxygen atoms in total. The minimum absolute atomic E-state index is 0.767. The number of fused-ring (bicyclic) bond motifs is 1. The lowest BCUT2D eigenvalue weighted by Crippen LogP contribution is -2.44. The molecule has 1 saturated heterocycles. The molecule has 0 saturated carbocycles. The Labute approximate surface area is 92.8 Å². The number of nitrogens with one attached hydrogen (secondary N) is 1. The van der Waals surface area contributed by atoms with Crippen LogP contribution >= 0.6 is 0 Å². The highest BCUT2D eigenvalue weighted by Crippen LogP contribution is 2.12. The van der Waals surface area contributed by atoms with Gasteiger partial charge < -0.3 is 10.2 Å². The van der Waals surface area contributed by atoms with Gasteiger partial charge in [0.25, 0.3) is 0 Å². The zero-order chi connectivity index (χ0) is 10.8. The van der Waals surface area contributed by atoms with Crippen molar-refractivity contribution in [1.29, 1.82) is 0 Å². The Morgan fingerprint density at radius 2 is 1.94 bits per heavy atom. The molecule has 0 spiro atoms. The Kier molecular flexibility index (Phi) is 2.34. The Hall–Kier alpha value is -1.82. The molecule has 0 atom stereocenters. The molecule has 6 heteroatoms. The van der Waals surface area contributed by atoms with Gasteiger partial charge in [0.15, 0.2) is 0 Å². The summed E-state index contributed by atoms with van der Waals surface area (Å²) in [7, 11) is 0. The fourth-order valence-electron chi connectivity index (χ4n) is 1.79. The smallest absolute Gasteiger partial charge is 0.226 e. The van der Waals surface area contributed by atoms with E-state index in [0.717, 1.165) is 43.2 Å². The van der Waals surface area contributed by atoms with Crippen LogP contribution in [-0.4, -0.2) is 46.1 Å². The lowest BCUT2D eigenvalue weighted by molar-refractivity contribution is 0.580. The number of rotatable bonds is 1. The summed E-state index contributed by atoms with van der Waals surface area (Å²) >= 11 is 0. The fraction of sp³-hybridized carbons (Fsp3) is 0.400. The molecule has 1 aliphatic heterocycles. The van der Waals surface area contributed by atoms with Crippen molar-refractivity contribution in [1.82, 2.24) is 25.3 Å². The monoisotopic (exact) mass is 216 g/mol. The summed E-state index contributed by atoms with van der Waals surface area (Å²) in [5.41, 5.74) is 1.58. The largest absolute Gasteiger partial charge is 0.338 e. The first kappa shape index (κ1) is 9.41. The number of hydrogen-bond donors (Lipinski definition) is 1. The molecule has 3 rings (SSSR count). The number of aromatic nitrogens is 4. The van der Waals surface area contributed by atoms with Gasteiger partial charge in [-0.2, -0.15) is 0 Å². The molecule has 16 heavy (non-hydrogen) atoms. The van der Waals surface area contributed by atoms with E-state index >= 15 is 0 Å². The fourth-order valence-corrected chi connectivity index (χ4v) is 1.79. The molecule has 1 aliphatic rings. The second kappa shape index (κ2) is 3.97. The van der Waals surface area contributed by atoms with Crippen LogP contribution < -0.4 is 10.2 Å². The average molecular weight is 216 g/mol. The lowest BCUT2D eigenvalue weighted by Gasteiger charge is -2.27. The van der Waals surface area contributed by atoms with Crippen molar-refractivity contribution in [2.45, 2.75) is 0 Å². The van der Waals surface area contributed by atoms with Crippen LogP contribution in [-0.2, 0) is 0 Å². The van der Waals surface area contributed by atoms with Gasteiger partial charge in [0.2, 0.25) is 5.95 Å². The summed E-state index contributed by atoms with van der Waals surface area (Å²) in [6.45, 7) is 3.85. The molecule has 82 valence electrons. The van der Waals surface area contributed by atoms with Crippen molar-refractivity contribution in [3.63, 3.8) is 0 Å². The molecule has 0 unspecified atom stereocenters. The van der Waals surface area contributed by atoms with Gasteiger partial charge in [-0.05, 0) is 0 Å². The highest BCUT2D eigenvalue weighted by molar-refractivity contribution is 5.72. The Balaban J connectivity index is 1.97. The normalized spacial score (nSPS) is 16.6. The van der Waals surface area contributed by atoms with Crippen LogP contribution in [0, 0.1) is 0 Å². The van der Waals surface area contributed by atoms with Crippen molar-refractivity contribution in [3.05, 3.63) is 18.7 Å². The average Bonchev–Trinajstić information content (AvgIpc) is 2.39. The van der Waals surface area contributed by atoms with E-state index in [-0.39, 0.29) is 0 Å². The van der Waals surface area contributed by atoms with E-state index in [1.54, 1.807) is 12.4 Å². The van der Waals surface area contributed by atoms with Crippen LogP contribution in [0.3, 0.4) is 0 Å². The quantitative estimate of drug-likeness (QED) is 0.714. The molecular formula is C10H12N6. The van der Waals surface area contributed by atoms with Gasteiger partial charge in [-0.15, -0.1) is 0 Å². The highest BCUT2D eigenvalue weighted by atomic mass is 15.3. The zero-order valence-corrected chi connectivity index (χ0v) is 8.80. The van der Waals surface area contributed by atoms with Crippen LogP contribution in [0.25, 0.3) is 11.0 Å². The summed E-state index contributed by atoms with van der Waals surface area (Å²) in [6, 6.07) is 0. The number of nitrogens with zero attached hydrogens (tertiary/aromatic N) is 5. The van der Waals surface area contributed by atoms with Gasteiger partial charge in [-0.1, -0.05) is 0 Å². The third-order valence-corrected chi connectivity index (χ3v) is 2.65. The Morgan fingerprint density at radius 1 is 1.06 bits per heavy atom. The molecule has 0 bridgehead atoms. The Bertz CT molecular complexity index is 493. The van der Waals surface area contributed by atoms with Gasteiger partial charge in [0, 0.05) is 26.2 Å². The second-order valence-electron chi connectivity index (χ2n) is 3.70. The first-order chi connectivity index (χ1) is 7.93. The van der Waals surface area contributed by atoms with Crippen molar-refractivity contribution < 1.29 is 0 Å². The molecule has 0 aromatic carbocycles. The van der Waals surface area contributed by atoms with Crippen molar-refractivity contribution in [2.75, 3.05) is 31.1 Å². The predicted molar refractivity (Wildman–Crippen MR) is 60.2 cm³/mol. The summed E-state index contributed by atoms with van der Waals surface area (Å²) in [5.74, 6) is 0.767. The highest BCUT2D eigenvalue weighted by Gasteiger charge is 2.13. The van der Waals surface area contributed by atoms with Crippen LogP contribution in [0.1, 0.15) is 0 Å². The topological polar surface area (TPSA) is 66.8 Å². The third-order valence-electron chi connectivity index (χ3n) is 2.65. The summed E-state index contributed by atoms with van der Waals surface area (Å²) in [4.78, 5) is 19.0. The molecule has 2 aromatic rings. The standard InChI is InChI=1S/C10H12N6/c1-3-16(4-2-11-1)10-13-6-8-9(15-10)5-12-7-14-8/h5-7,11H,1-4H2. The summed E-state index contributed by atoms with van der Waals surface area (Å²) in [6.07, 6.45) is 4.98. The maximum Gasteiger partial charge on any atom is 0.226 e. The van der Waals surface area contributed by atoms with Crippen LogP contribution in [0.4, 0.5) is 5.95 Å². The van der Waals surface area contributed by atoms with Crippen molar-refractivity contribution >= 4 is 17.0 Å². The van der Waals surface area contributed by atoms with Crippen LogP contribution in [0.2, 0.25) is 0 Å². The molecular weight excluding hydrogens is 204 g/mol. The van der Waals surface area contributed by atoms with Gasteiger partial charge in [-0.3, -0.25) is 0 Å². The minimum atomic E-state index is 0.767. The van der Waals surface area contributed by atoms with E-state index in [9.17, 15) is 0 Å². The number of anilines is 1. The molecule has 0 amide bonds.